The molecule has 0 bridgehead atoms. The van der Waals surface area contributed by atoms with Crippen molar-refractivity contribution in [2.45, 2.75) is 109 Å². The van der Waals surface area contributed by atoms with Gasteiger partial charge in [-0.05, 0) is 58.7 Å². The van der Waals surface area contributed by atoms with Crippen LogP contribution in [0.2, 0.25) is 0 Å². The second-order valence-electron chi connectivity index (χ2n) is 18.0. The molecular weight excluding hydrogens is 869 g/mol. The Morgan fingerprint density at radius 2 is 1.62 bits per heavy atom. The largest absolute Gasteiger partial charge is 0.450 e. The van der Waals surface area contributed by atoms with Gasteiger partial charge in [-0.3, -0.25) is 19.8 Å². The highest BCUT2D eigenvalue weighted by molar-refractivity contribution is 7.14. The molecule has 66 heavy (non-hydrogen) atoms. The zero-order valence-electron chi connectivity index (χ0n) is 37.7. The number of nitrogens with zero attached hydrogens (tertiary/aromatic N) is 7. The highest BCUT2D eigenvalue weighted by atomic mass is 32.1. The van der Waals surface area contributed by atoms with E-state index in [1.807, 2.05) is 96.8 Å². The van der Waals surface area contributed by atoms with Gasteiger partial charge in [0.2, 0.25) is 11.5 Å². The Bertz CT molecular complexity index is 2540. The van der Waals surface area contributed by atoms with Gasteiger partial charge >= 0.3 is 18.2 Å². The lowest BCUT2D eigenvalue weighted by atomic mass is 9.98. The minimum Gasteiger partial charge on any atom is -0.450 e. The molecule has 0 radical (unpaired) electrons. The maximum absolute atomic E-state index is 14.2. The molecular formula is C46H53N10O9S+. The van der Waals surface area contributed by atoms with Crippen LogP contribution in [0, 0.1) is 0 Å². The molecule has 4 heterocycles. The monoisotopic (exact) mass is 921 g/mol. The van der Waals surface area contributed by atoms with Crippen molar-refractivity contribution in [2.24, 2.45) is 12.2 Å². The average Bonchev–Trinajstić information content (AvgIpc) is 3.69. The molecule has 1 saturated carbocycles. The van der Waals surface area contributed by atoms with Crippen LogP contribution in [0.3, 0.4) is 0 Å². The highest BCUT2D eigenvalue weighted by Gasteiger charge is 2.56. The van der Waals surface area contributed by atoms with Crippen molar-refractivity contribution in [1.29, 1.82) is 0 Å². The van der Waals surface area contributed by atoms with E-state index < -0.39 is 65.0 Å². The fraction of sp³-hybridized carbons (Fsp3) is 0.391. The van der Waals surface area contributed by atoms with E-state index in [1.165, 1.54) is 21.3 Å². The number of carbonyl (C=O) groups excluding carboxylic acids is 5. The number of pyridine rings is 1. The number of carbonyl (C=O) groups is 5. The number of rotatable bonds is 16. The van der Waals surface area contributed by atoms with Crippen molar-refractivity contribution in [3.8, 4) is 0 Å². The molecule has 0 unspecified atom stereocenters. The number of nitrogens with one attached hydrogen (secondary N) is 3. The van der Waals surface area contributed by atoms with Gasteiger partial charge in [-0.1, -0.05) is 65.8 Å². The molecule has 3 aromatic heterocycles. The number of anilines is 1. The molecule has 7 rings (SSSR count). The summed E-state index contributed by atoms with van der Waals surface area (Å²) in [5.74, 6) is -2.00. The maximum atomic E-state index is 14.2. The summed E-state index contributed by atoms with van der Waals surface area (Å²) in [5, 5.41) is 22.8. The lowest BCUT2D eigenvalue weighted by Crippen LogP contribution is -2.70. The van der Waals surface area contributed by atoms with Crippen molar-refractivity contribution >= 4 is 52.2 Å². The van der Waals surface area contributed by atoms with Crippen LogP contribution in [-0.2, 0) is 60.1 Å². The molecule has 1 aliphatic carbocycles. The number of ether oxygens (including phenoxy) is 3. The summed E-state index contributed by atoms with van der Waals surface area (Å²) in [6.45, 7) is 10.9. The van der Waals surface area contributed by atoms with Crippen molar-refractivity contribution in [3.05, 3.63) is 125 Å². The maximum Gasteiger partial charge on any atom is 0.413 e. The second-order valence-corrected chi connectivity index (χ2v) is 18.8. The van der Waals surface area contributed by atoms with E-state index >= 15 is 0 Å². The molecule has 0 spiro atoms. The van der Waals surface area contributed by atoms with E-state index in [2.05, 4.69) is 36.3 Å². The third-order valence-corrected chi connectivity index (χ3v) is 10.8. The lowest BCUT2D eigenvalue weighted by Gasteiger charge is -2.36. The van der Waals surface area contributed by atoms with E-state index in [0.717, 1.165) is 28.0 Å². The summed E-state index contributed by atoms with van der Waals surface area (Å²) in [5.41, 5.74) is -0.550. The number of benzene rings is 2. The SMILES string of the molecule is C[n+]1cccc(CN(Cc2cnn(C[C@H]3NC(=O)[C@H]3NC(=O)C(=NOC3(C(=O)OC(c4ccccc4)c4ccccc4)CC3)c3csc(NC(=O)OC(C)(C)C)n3)n2)C(=O)OC(C)(C)C)c1. The lowest BCUT2D eigenvalue weighted by molar-refractivity contribution is -0.672. The molecule has 5 aromatic rings. The molecule has 20 heteroatoms. The zero-order valence-corrected chi connectivity index (χ0v) is 38.5. The van der Waals surface area contributed by atoms with Gasteiger partial charge in [-0.25, -0.2) is 23.9 Å². The summed E-state index contributed by atoms with van der Waals surface area (Å²) < 4.78 is 19.0. The number of esters is 1. The Hall–Kier alpha value is -7.22. The summed E-state index contributed by atoms with van der Waals surface area (Å²) in [6.07, 6.45) is 3.80. The van der Waals surface area contributed by atoms with Gasteiger partial charge in [-0.15, -0.1) is 11.3 Å². The van der Waals surface area contributed by atoms with Gasteiger partial charge in [0, 0.05) is 29.9 Å². The van der Waals surface area contributed by atoms with E-state index in [4.69, 9.17) is 19.0 Å². The molecule has 2 aliphatic rings. The van der Waals surface area contributed by atoms with Crippen LogP contribution in [0.5, 0.6) is 0 Å². The van der Waals surface area contributed by atoms with Crippen LogP contribution in [0.15, 0.2) is 102 Å². The highest BCUT2D eigenvalue weighted by Crippen LogP contribution is 2.43. The van der Waals surface area contributed by atoms with Gasteiger partial charge in [-0.2, -0.15) is 15.0 Å². The molecule has 3 N–H and O–H groups in total. The van der Waals surface area contributed by atoms with Crippen molar-refractivity contribution in [2.75, 3.05) is 5.32 Å². The number of oxime groups is 1. The van der Waals surface area contributed by atoms with Gasteiger partial charge in [0.15, 0.2) is 29.3 Å². The predicted octanol–water partition coefficient (Wildman–Crippen LogP) is 5.11. The van der Waals surface area contributed by atoms with E-state index in [1.54, 1.807) is 41.5 Å². The number of aryl methyl sites for hydroxylation is 1. The summed E-state index contributed by atoms with van der Waals surface area (Å²) >= 11 is 0.998. The minimum atomic E-state index is -1.50. The van der Waals surface area contributed by atoms with Crippen molar-refractivity contribution < 1.29 is 47.6 Å². The van der Waals surface area contributed by atoms with Crippen LogP contribution < -0.4 is 20.5 Å². The number of aromatic nitrogens is 5. The standard InChI is InChI=1S/C46H52N10O9S/c1-44(2,3)63-42(60)51-41-49-34(28-66-41)36(53-65-46(20-21-46)40(59)62-37(30-16-10-8-11-17-30)31-18-12-9-13-19-31)39(58)50-35-33(48-38(35)57)27-56-47-23-32(52-56)26-55(43(61)64-45(4,5)6)25-29-15-14-22-54(7)24-29/h8-19,22-24,28,33,35,37H,20-21,25-27H2,1-7H3,(H2-,48,49,50,51,57,58,60)/p+1/t33-,35+/m1/s1. The molecule has 2 aromatic carbocycles. The van der Waals surface area contributed by atoms with Crippen LogP contribution in [0.1, 0.15) is 88.6 Å². The Balaban J connectivity index is 1.07. The quantitative estimate of drug-likeness (QED) is 0.0294. The Morgan fingerprint density at radius 1 is 0.955 bits per heavy atom. The molecule has 4 amide bonds. The van der Waals surface area contributed by atoms with E-state index in [-0.39, 0.29) is 49.0 Å². The van der Waals surface area contributed by atoms with Crippen LogP contribution in [-0.4, -0.2) is 89.4 Å². The van der Waals surface area contributed by atoms with Gasteiger partial charge < -0.3 is 29.7 Å². The number of thiazole rings is 1. The molecule has 346 valence electrons. The fourth-order valence-corrected chi connectivity index (χ4v) is 7.40. The normalized spacial score (nSPS) is 16.6. The van der Waals surface area contributed by atoms with E-state index in [0.29, 0.717) is 5.69 Å². The topological polar surface area (TPSA) is 221 Å². The smallest absolute Gasteiger partial charge is 0.413 e. The third kappa shape index (κ3) is 12.3. The summed E-state index contributed by atoms with van der Waals surface area (Å²) in [4.78, 5) is 80.2. The second kappa shape index (κ2) is 19.5. The first kappa shape index (κ1) is 46.8. The number of hydrogen-bond donors (Lipinski definition) is 3. The molecule has 2 atom stereocenters. The van der Waals surface area contributed by atoms with Crippen molar-refractivity contribution in [1.82, 2.24) is 35.5 Å². The minimum absolute atomic E-state index is 0.00682. The van der Waals surface area contributed by atoms with Crippen LogP contribution >= 0.6 is 11.3 Å². The average molecular weight is 922 g/mol. The molecule has 2 fully saturated rings. The summed E-state index contributed by atoms with van der Waals surface area (Å²) in [7, 11) is 1.89. The third-order valence-electron chi connectivity index (χ3n) is 10.0. The molecule has 19 nitrogen and oxygen atoms in total. The predicted molar refractivity (Wildman–Crippen MR) is 239 cm³/mol. The number of hydrogen-bond acceptors (Lipinski definition) is 14. The van der Waals surface area contributed by atoms with Gasteiger partial charge in [0.25, 0.3) is 5.91 Å². The Kier molecular flexibility index (Phi) is 13.8. The first-order chi connectivity index (χ1) is 31.3. The fourth-order valence-electron chi connectivity index (χ4n) is 6.72. The first-order valence-corrected chi connectivity index (χ1v) is 22.2. The number of β-lactam (4-membered cyclic amide) rings is 1. The Morgan fingerprint density at radius 3 is 2.23 bits per heavy atom. The number of amides is 4. The van der Waals surface area contributed by atoms with Crippen LogP contribution in [0.25, 0.3) is 0 Å². The molecule has 1 saturated heterocycles. The summed E-state index contributed by atoms with van der Waals surface area (Å²) in [6, 6.07) is 20.6. The van der Waals surface area contributed by atoms with Crippen LogP contribution in [0.4, 0.5) is 14.7 Å². The first-order valence-electron chi connectivity index (χ1n) is 21.3. The van der Waals surface area contributed by atoms with E-state index in [9.17, 15) is 24.0 Å². The Labute approximate surface area is 385 Å². The molecule has 1 aliphatic heterocycles. The van der Waals surface area contributed by atoms with Crippen molar-refractivity contribution in [3.63, 3.8) is 0 Å². The van der Waals surface area contributed by atoms with Gasteiger partial charge in [0.05, 0.1) is 31.9 Å². The van der Waals surface area contributed by atoms with Gasteiger partial charge in [0.1, 0.15) is 35.7 Å². The zero-order chi connectivity index (χ0) is 47.2.